The van der Waals surface area contributed by atoms with Crippen LogP contribution < -0.4 is 4.90 Å². The van der Waals surface area contributed by atoms with Gasteiger partial charge in [0.1, 0.15) is 9.88 Å². The highest BCUT2D eigenvalue weighted by Gasteiger charge is 2.32. The monoisotopic (exact) mass is 372 g/mol. The van der Waals surface area contributed by atoms with E-state index in [4.69, 9.17) is 4.74 Å². The molecule has 0 aliphatic carbocycles. The van der Waals surface area contributed by atoms with E-state index in [0.29, 0.717) is 35.1 Å². The third-order valence-electron chi connectivity index (χ3n) is 4.16. The van der Waals surface area contributed by atoms with Crippen LogP contribution in [-0.2, 0) is 4.74 Å². The van der Waals surface area contributed by atoms with Gasteiger partial charge in [-0.1, -0.05) is 30.3 Å². The number of aryl methyl sites for hydroxylation is 1. The number of Topliss-reactive ketones (excluding diaryl/α,β-unsaturated/α-hetero) is 1. The smallest absolute Gasteiger partial charge is 0.348 e. The molecule has 136 valence electrons. The summed E-state index contributed by atoms with van der Waals surface area (Å²) < 4.78 is 5.05. The van der Waals surface area contributed by atoms with E-state index >= 15 is 0 Å². The number of nitrogens with zero attached hydrogens (tertiary/aromatic N) is 2. The summed E-state index contributed by atoms with van der Waals surface area (Å²) in [6, 6.07) is 10.5. The molecule has 0 N–H and O–H groups in total. The SMILES string of the molecule is CCOC(=O)c1sc(N2CCN(CC(=O)c3ccccc3)C2=O)cc1C. The predicted octanol–water partition coefficient (Wildman–Crippen LogP) is 3.36. The molecule has 0 unspecified atom stereocenters. The molecule has 1 saturated heterocycles. The van der Waals surface area contributed by atoms with Crippen LogP contribution in [-0.4, -0.2) is 48.9 Å². The Hall–Kier alpha value is -2.67. The van der Waals surface area contributed by atoms with Gasteiger partial charge in [-0.2, -0.15) is 0 Å². The van der Waals surface area contributed by atoms with Gasteiger partial charge in [0, 0.05) is 18.7 Å². The molecule has 6 nitrogen and oxygen atoms in total. The molecule has 0 atom stereocenters. The molecule has 3 rings (SSSR count). The Morgan fingerprint density at radius 3 is 2.62 bits per heavy atom. The van der Waals surface area contributed by atoms with Crippen LogP contribution in [0.25, 0.3) is 0 Å². The maximum Gasteiger partial charge on any atom is 0.348 e. The molecular formula is C19H20N2O4S. The number of esters is 1. The molecule has 0 saturated carbocycles. The second kappa shape index (κ2) is 7.70. The second-order valence-electron chi connectivity index (χ2n) is 5.96. The third kappa shape index (κ3) is 3.62. The standard InChI is InChI=1S/C19H20N2O4S/c1-3-25-18(23)17-13(2)11-16(26-17)21-10-9-20(19(21)24)12-15(22)14-7-5-4-6-8-14/h4-8,11H,3,9-10,12H2,1-2H3. The summed E-state index contributed by atoms with van der Waals surface area (Å²) >= 11 is 1.24. The number of amides is 2. The number of benzene rings is 1. The largest absolute Gasteiger partial charge is 0.462 e. The average Bonchev–Trinajstić information content (AvgIpc) is 3.19. The van der Waals surface area contributed by atoms with Crippen molar-refractivity contribution in [2.45, 2.75) is 13.8 Å². The lowest BCUT2D eigenvalue weighted by Crippen LogP contribution is -2.35. The summed E-state index contributed by atoms with van der Waals surface area (Å²) in [6.45, 7) is 4.90. The summed E-state index contributed by atoms with van der Waals surface area (Å²) in [5.74, 6) is -0.459. The number of hydrogen-bond acceptors (Lipinski definition) is 5. The van der Waals surface area contributed by atoms with Crippen LogP contribution in [0.1, 0.15) is 32.5 Å². The van der Waals surface area contributed by atoms with Crippen LogP contribution in [0, 0.1) is 6.92 Å². The van der Waals surface area contributed by atoms with Crippen LogP contribution in [0.2, 0.25) is 0 Å². The summed E-state index contributed by atoms with van der Waals surface area (Å²) in [5, 5.41) is 0.699. The van der Waals surface area contributed by atoms with Gasteiger partial charge in [-0.15, -0.1) is 11.3 Å². The zero-order valence-corrected chi connectivity index (χ0v) is 15.5. The number of ketones is 1. The first-order valence-electron chi connectivity index (χ1n) is 8.43. The predicted molar refractivity (Wildman–Crippen MR) is 100 cm³/mol. The van der Waals surface area contributed by atoms with Gasteiger partial charge in [-0.05, 0) is 25.5 Å². The Morgan fingerprint density at radius 2 is 1.92 bits per heavy atom. The molecular weight excluding hydrogens is 352 g/mol. The number of hydrogen-bond donors (Lipinski definition) is 0. The van der Waals surface area contributed by atoms with E-state index in [0.717, 1.165) is 5.56 Å². The Kier molecular flexibility index (Phi) is 5.37. The lowest BCUT2D eigenvalue weighted by atomic mass is 10.1. The quantitative estimate of drug-likeness (QED) is 0.576. The van der Waals surface area contributed by atoms with Gasteiger partial charge in [0.2, 0.25) is 0 Å². The van der Waals surface area contributed by atoms with Gasteiger partial charge >= 0.3 is 12.0 Å². The van der Waals surface area contributed by atoms with Crippen molar-refractivity contribution in [3.05, 3.63) is 52.4 Å². The van der Waals surface area contributed by atoms with E-state index in [1.165, 1.54) is 16.2 Å². The molecule has 1 aromatic carbocycles. The second-order valence-corrected chi connectivity index (χ2v) is 6.99. The highest BCUT2D eigenvalue weighted by molar-refractivity contribution is 7.18. The fourth-order valence-electron chi connectivity index (χ4n) is 2.82. The van der Waals surface area contributed by atoms with Crippen LogP contribution >= 0.6 is 11.3 Å². The van der Waals surface area contributed by atoms with Gasteiger partial charge in [0.05, 0.1) is 13.2 Å². The summed E-state index contributed by atoms with van der Waals surface area (Å²) in [6.07, 6.45) is 0. The molecule has 2 aromatic rings. The van der Waals surface area contributed by atoms with Crippen molar-refractivity contribution in [1.29, 1.82) is 0 Å². The van der Waals surface area contributed by atoms with Gasteiger partial charge in [0.15, 0.2) is 5.78 Å². The van der Waals surface area contributed by atoms with E-state index in [1.54, 1.807) is 36.1 Å². The summed E-state index contributed by atoms with van der Waals surface area (Å²) in [4.78, 5) is 40.6. The maximum absolute atomic E-state index is 12.7. The Labute approximate surface area is 156 Å². The topological polar surface area (TPSA) is 66.9 Å². The number of carbonyl (C=O) groups excluding carboxylic acids is 3. The summed E-state index contributed by atoms with van der Waals surface area (Å²) in [5.41, 5.74) is 1.38. The number of rotatable bonds is 6. The number of thiophene rings is 1. The number of anilines is 1. The van der Waals surface area contributed by atoms with Crippen molar-refractivity contribution < 1.29 is 19.1 Å². The lowest BCUT2D eigenvalue weighted by Gasteiger charge is -2.16. The van der Waals surface area contributed by atoms with Crippen LogP contribution in [0.3, 0.4) is 0 Å². The molecule has 7 heteroatoms. The van der Waals surface area contributed by atoms with E-state index in [9.17, 15) is 14.4 Å². The van der Waals surface area contributed by atoms with Gasteiger partial charge in [-0.3, -0.25) is 9.69 Å². The summed E-state index contributed by atoms with van der Waals surface area (Å²) in [7, 11) is 0. The molecule has 2 heterocycles. The van der Waals surface area contributed by atoms with E-state index < -0.39 is 0 Å². The first kappa shape index (κ1) is 18.1. The van der Waals surface area contributed by atoms with Crippen molar-refractivity contribution >= 4 is 34.1 Å². The molecule has 1 aromatic heterocycles. The van der Waals surface area contributed by atoms with Gasteiger partial charge < -0.3 is 9.64 Å². The first-order valence-corrected chi connectivity index (χ1v) is 9.25. The Morgan fingerprint density at radius 1 is 1.19 bits per heavy atom. The molecule has 2 amide bonds. The highest BCUT2D eigenvalue weighted by Crippen LogP contribution is 2.32. The van der Waals surface area contributed by atoms with Crippen molar-refractivity contribution in [2.24, 2.45) is 0 Å². The van der Waals surface area contributed by atoms with Gasteiger partial charge in [0.25, 0.3) is 0 Å². The van der Waals surface area contributed by atoms with Crippen molar-refractivity contribution in [1.82, 2.24) is 4.90 Å². The number of urea groups is 1. The minimum Gasteiger partial charge on any atom is -0.462 e. The molecule has 1 aliphatic heterocycles. The first-order chi connectivity index (χ1) is 12.5. The minimum atomic E-state index is -0.371. The van der Waals surface area contributed by atoms with E-state index in [1.807, 2.05) is 19.1 Å². The molecule has 0 radical (unpaired) electrons. The van der Waals surface area contributed by atoms with E-state index in [-0.39, 0.29) is 24.3 Å². The lowest BCUT2D eigenvalue weighted by molar-refractivity contribution is 0.0531. The Balaban J connectivity index is 1.70. The fourth-order valence-corrected chi connectivity index (χ4v) is 3.91. The number of ether oxygens (including phenoxy) is 1. The number of carbonyl (C=O) groups is 3. The minimum absolute atomic E-state index is 0.0500. The molecule has 1 fully saturated rings. The zero-order chi connectivity index (χ0) is 18.7. The Bertz CT molecular complexity index is 831. The molecule has 1 aliphatic rings. The third-order valence-corrected chi connectivity index (χ3v) is 5.40. The fraction of sp³-hybridized carbons (Fsp3) is 0.316. The molecule has 0 spiro atoms. The van der Waals surface area contributed by atoms with Crippen LogP contribution in [0.15, 0.2) is 36.4 Å². The average molecular weight is 372 g/mol. The van der Waals surface area contributed by atoms with Crippen LogP contribution in [0.4, 0.5) is 9.80 Å². The zero-order valence-electron chi connectivity index (χ0n) is 14.7. The van der Waals surface area contributed by atoms with Gasteiger partial charge in [-0.25, -0.2) is 9.59 Å². The van der Waals surface area contributed by atoms with Crippen molar-refractivity contribution in [3.63, 3.8) is 0 Å². The molecule has 26 heavy (non-hydrogen) atoms. The van der Waals surface area contributed by atoms with E-state index in [2.05, 4.69) is 0 Å². The van der Waals surface area contributed by atoms with Crippen molar-refractivity contribution in [3.8, 4) is 0 Å². The molecule has 0 bridgehead atoms. The van der Waals surface area contributed by atoms with Crippen molar-refractivity contribution in [2.75, 3.05) is 31.1 Å². The highest BCUT2D eigenvalue weighted by atomic mass is 32.1. The normalized spacial score (nSPS) is 14.0. The maximum atomic E-state index is 12.7. The van der Waals surface area contributed by atoms with Crippen LogP contribution in [0.5, 0.6) is 0 Å².